The lowest BCUT2D eigenvalue weighted by Crippen LogP contribution is -2.17. The molecule has 0 aromatic rings. The van der Waals surface area contributed by atoms with Crippen molar-refractivity contribution < 1.29 is 5.11 Å². The molecule has 2 unspecified atom stereocenters. The predicted octanol–water partition coefficient (Wildman–Crippen LogP) is 10.4. The standard InChI is InChI=1S/C29H60O/c1-4-6-7-8-9-10-11-12-13-14-15-16-17-18-19-20-21-22-23-24-25-27-29(30)28(3)26-5-2/h28-30H,4-27H2,1-3H3. The molecule has 0 aromatic carbocycles. The van der Waals surface area contributed by atoms with Crippen molar-refractivity contribution in [3.05, 3.63) is 0 Å². The number of aliphatic hydroxyl groups excluding tert-OH is 1. The van der Waals surface area contributed by atoms with Gasteiger partial charge in [-0.2, -0.15) is 0 Å². The Balaban J connectivity index is 3.10. The van der Waals surface area contributed by atoms with Crippen LogP contribution in [0.15, 0.2) is 0 Å². The highest BCUT2D eigenvalue weighted by atomic mass is 16.3. The summed E-state index contributed by atoms with van der Waals surface area (Å²) in [6.07, 6.45) is 33.4. The van der Waals surface area contributed by atoms with Gasteiger partial charge in [0.25, 0.3) is 0 Å². The summed E-state index contributed by atoms with van der Waals surface area (Å²) in [4.78, 5) is 0. The van der Waals surface area contributed by atoms with Gasteiger partial charge in [0, 0.05) is 0 Å². The van der Waals surface area contributed by atoms with Gasteiger partial charge in [-0.3, -0.25) is 0 Å². The molecule has 1 nitrogen and oxygen atoms in total. The molecule has 0 saturated carbocycles. The van der Waals surface area contributed by atoms with E-state index in [9.17, 15) is 5.11 Å². The molecule has 0 amide bonds. The Morgan fingerprint density at radius 3 is 1.00 bits per heavy atom. The molecule has 0 aromatic heterocycles. The van der Waals surface area contributed by atoms with Gasteiger partial charge in [-0.05, 0) is 18.8 Å². The first-order valence-electron chi connectivity index (χ1n) is 14.4. The molecule has 0 rings (SSSR count). The minimum Gasteiger partial charge on any atom is -0.393 e. The van der Waals surface area contributed by atoms with Crippen molar-refractivity contribution in [1.82, 2.24) is 0 Å². The summed E-state index contributed by atoms with van der Waals surface area (Å²) in [6.45, 7) is 6.71. The Bertz CT molecular complexity index is 301. The monoisotopic (exact) mass is 424 g/mol. The van der Waals surface area contributed by atoms with E-state index in [0.717, 1.165) is 6.42 Å². The highest BCUT2D eigenvalue weighted by Crippen LogP contribution is 2.18. The smallest absolute Gasteiger partial charge is 0.0565 e. The van der Waals surface area contributed by atoms with E-state index >= 15 is 0 Å². The molecule has 0 aliphatic carbocycles. The second kappa shape index (κ2) is 25.2. The zero-order chi connectivity index (χ0) is 22.1. The van der Waals surface area contributed by atoms with E-state index in [1.807, 2.05) is 0 Å². The Labute approximate surface area is 192 Å². The van der Waals surface area contributed by atoms with Gasteiger partial charge in [-0.1, -0.05) is 162 Å². The van der Waals surface area contributed by atoms with Gasteiger partial charge in [0.05, 0.1) is 6.10 Å². The fourth-order valence-electron chi connectivity index (χ4n) is 4.72. The first kappa shape index (κ1) is 30.0. The van der Waals surface area contributed by atoms with E-state index in [0.29, 0.717) is 5.92 Å². The Morgan fingerprint density at radius 1 is 0.400 bits per heavy atom. The molecule has 2 atom stereocenters. The molecule has 30 heavy (non-hydrogen) atoms. The second-order valence-electron chi connectivity index (χ2n) is 10.2. The third kappa shape index (κ3) is 22.6. The van der Waals surface area contributed by atoms with Gasteiger partial charge >= 0.3 is 0 Å². The summed E-state index contributed by atoms with van der Waals surface area (Å²) < 4.78 is 0. The summed E-state index contributed by atoms with van der Waals surface area (Å²) in [5.74, 6) is 0.486. The van der Waals surface area contributed by atoms with Crippen molar-refractivity contribution in [1.29, 1.82) is 0 Å². The first-order valence-corrected chi connectivity index (χ1v) is 14.4. The molecule has 0 spiro atoms. The normalized spacial score (nSPS) is 13.6. The van der Waals surface area contributed by atoms with Gasteiger partial charge in [-0.15, -0.1) is 0 Å². The Morgan fingerprint density at radius 2 is 0.700 bits per heavy atom. The number of hydrogen-bond donors (Lipinski definition) is 1. The lowest BCUT2D eigenvalue weighted by Gasteiger charge is -2.17. The largest absolute Gasteiger partial charge is 0.393 e. The highest BCUT2D eigenvalue weighted by Gasteiger charge is 2.12. The molecule has 0 aliphatic heterocycles. The minimum absolute atomic E-state index is 0.0646. The molecule has 0 aliphatic rings. The molecule has 0 bridgehead atoms. The van der Waals surface area contributed by atoms with E-state index < -0.39 is 0 Å². The zero-order valence-corrected chi connectivity index (χ0v) is 21.6. The van der Waals surface area contributed by atoms with Crippen molar-refractivity contribution in [2.75, 3.05) is 0 Å². The molecule has 0 radical (unpaired) electrons. The van der Waals surface area contributed by atoms with Crippen LogP contribution in [0.1, 0.15) is 175 Å². The van der Waals surface area contributed by atoms with Crippen LogP contribution in [-0.2, 0) is 0 Å². The fraction of sp³-hybridized carbons (Fsp3) is 1.00. The van der Waals surface area contributed by atoms with Gasteiger partial charge in [0.1, 0.15) is 0 Å². The Kier molecular flexibility index (Phi) is 25.2. The fourth-order valence-corrected chi connectivity index (χ4v) is 4.72. The van der Waals surface area contributed by atoms with Gasteiger partial charge in [0.2, 0.25) is 0 Å². The average Bonchev–Trinajstić information content (AvgIpc) is 2.74. The van der Waals surface area contributed by atoms with E-state index in [1.54, 1.807) is 0 Å². The van der Waals surface area contributed by atoms with Crippen LogP contribution in [-0.4, -0.2) is 11.2 Å². The molecule has 182 valence electrons. The summed E-state index contributed by atoms with van der Waals surface area (Å²) in [7, 11) is 0. The van der Waals surface area contributed by atoms with E-state index in [-0.39, 0.29) is 6.10 Å². The third-order valence-corrected chi connectivity index (χ3v) is 7.00. The van der Waals surface area contributed by atoms with Crippen LogP contribution < -0.4 is 0 Å². The SMILES string of the molecule is CCCCCCCCCCCCCCCCCCCCCCCC(O)C(C)CCC. The average molecular weight is 425 g/mol. The van der Waals surface area contributed by atoms with Crippen LogP contribution >= 0.6 is 0 Å². The summed E-state index contributed by atoms with van der Waals surface area (Å²) in [5, 5.41) is 10.1. The topological polar surface area (TPSA) is 20.2 Å². The van der Waals surface area contributed by atoms with Crippen molar-refractivity contribution in [3.63, 3.8) is 0 Å². The van der Waals surface area contributed by atoms with Crippen molar-refractivity contribution >= 4 is 0 Å². The summed E-state index contributed by atoms with van der Waals surface area (Å²) >= 11 is 0. The maximum atomic E-state index is 10.1. The third-order valence-electron chi connectivity index (χ3n) is 7.00. The van der Waals surface area contributed by atoms with Crippen LogP contribution in [0.2, 0.25) is 0 Å². The molecular weight excluding hydrogens is 364 g/mol. The molecular formula is C29H60O. The molecule has 0 saturated heterocycles. The van der Waals surface area contributed by atoms with E-state index in [2.05, 4.69) is 20.8 Å². The van der Waals surface area contributed by atoms with Crippen LogP contribution in [0.4, 0.5) is 0 Å². The maximum Gasteiger partial charge on any atom is 0.0565 e. The minimum atomic E-state index is -0.0646. The van der Waals surface area contributed by atoms with Crippen LogP contribution in [0.3, 0.4) is 0 Å². The van der Waals surface area contributed by atoms with Crippen molar-refractivity contribution in [3.8, 4) is 0 Å². The number of unbranched alkanes of at least 4 members (excludes halogenated alkanes) is 20. The molecule has 0 fully saturated rings. The van der Waals surface area contributed by atoms with Crippen LogP contribution in [0.5, 0.6) is 0 Å². The summed E-state index contributed by atoms with van der Waals surface area (Å²) in [6, 6.07) is 0. The van der Waals surface area contributed by atoms with E-state index in [4.69, 9.17) is 0 Å². The van der Waals surface area contributed by atoms with Crippen LogP contribution in [0.25, 0.3) is 0 Å². The molecule has 1 N–H and O–H groups in total. The predicted molar refractivity (Wildman–Crippen MR) is 137 cm³/mol. The van der Waals surface area contributed by atoms with Gasteiger partial charge in [-0.25, -0.2) is 0 Å². The highest BCUT2D eigenvalue weighted by molar-refractivity contribution is 4.64. The van der Waals surface area contributed by atoms with Crippen molar-refractivity contribution in [2.45, 2.75) is 181 Å². The lowest BCUT2D eigenvalue weighted by atomic mass is 9.95. The maximum absolute atomic E-state index is 10.1. The Hall–Kier alpha value is -0.0400. The van der Waals surface area contributed by atoms with Gasteiger partial charge < -0.3 is 5.11 Å². The van der Waals surface area contributed by atoms with Crippen molar-refractivity contribution in [2.24, 2.45) is 5.92 Å². The quantitative estimate of drug-likeness (QED) is 0.144. The first-order chi connectivity index (χ1) is 14.7. The lowest BCUT2D eigenvalue weighted by molar-refractivity contribution is 0.0996. The summed E-state index contributed by atoms with van der Waals surface area (Å²) in [5.41, 5.74) is 0. The molecule has 0 heterocycles. The number of aliphatic hydroxyl groups is 1. The van der Waals surface area contributed by atoms with E-state index in [1.165, 1.54) is 148 Å². The van der Waals surface area contributed by atoms with Gasteiger partial charge in [0.15, 0.2) is 0 Å². The van der Waals surface area contributed by atoms with Crippen LogP contribution in [0, 0.1) is 5.92 Å². The number of rotatable bonds is 25. The zero-order valence-electron chi connectivity index (χ0n) is 21.6. The molecule has 1 heteroatoms. The number of hydrogen-bond acceptors (Lipinski definition) is 1. The second-order valence-corrected chi connectivity index (χ2v) is 10.2.